The van der Waals surface area contributed by atoms with Crippen molar-refractivity contribution in [1.82, 2.24) is 10.2 Å². The van der Waals surface area contributed by atoms with Crippen LogP contribution >= 0.6 is 0 Å². The molecular weight excluding hydrogens is 424 g/mol. The van der Waals surface area contributed by atoms with Crippen molar-refractivity contribution < 1.29 is 28.6 Å². The molecule has 2 aliphatic carbocycles. The van der Waals surface area contributed by atoms with Crippen LogP contribution in [0.4, 0.5) is 4.79 Å². The van der Waals surface area contributed by atoms with Crippen LogP contribution in [0.25, 0.3) is 0 Å². The maximum atomic E-state index is 12.7. The summed E-state index contributed by atoms with van der Waals surface area (Å²) in [7, 11) is 1.28. The van der Waals surface area contributed by atoms with E-state index in [-0.39, 0.29) is 18.7 Å². The van der Waals surface area contributed by atoms with Gasteiger partial charge in [-0.3, -0.25) is 9.59 Å². The summed E-state index contributed by atoms with van der Waals surface area (Å²) in [5, 5.41) is 2.85. The number of hydrogen-bond donors (Lipinski definition) is 1. The SMILES string of the molecule is CCCCOC1=C(CNC(=O)OC(C)(C)C)N(CC2CC2)C=C2CC(=O)C(C(=O)OC)C=C21. The van der Waals surface area contributed by atoms with Crippen molar-refractivity contribution in [2.24, 2.45) is 11.8 Å². The zero-order valence-electron chi connectivity index (χ0n) is 20.4. The Labute approximate surface area is 196 Å². The predicted octanol–water partition coefficient (Wildman–Crippen LogP) is 3.84. The van der Waals surface area contributed by atoms with Crippen LogP contribution in [0.5, 0.6) is 0 Å². The van der Waals surface area contributed by atoms with Crippen molar-refractivity contribution >= 4 is 17.8 Å². The molecule has 182 valence electrons. The number of Topliss-reactive ketones (excluding diaryl/α,β-unsaturated/α-hetero) is 1. The first kappa shape index (κ1) is 24.9. The molecular formula is C25H36N2O6. The van der Waals surface area contributed by atoms with Crippen LogP contribution in [-0.2, 0) is 23.8 Å². The fourth-order valence-electron chi connectivity index (χ4n) is 3.85. The smallest absolute Gasteiger partial charge is 0.407 e. The number of amides is 1. The standard InChI is InChI=1S/C25H36N2O6/c1-6-7-10-32-22-18-12-19(23(29)31-5)21(28)11-17(18)15-27(14-16-8-9-16)20(22)13-26-24(30)33-25(2,3)4/h12,15-16,19H,6-11,13-14H2,1-5H3,(H,26,30). The Morgan fingerprint density at radius 2 is 1.97 bits per heavy atom. The van der Waals surface area contributed by atoms with E-state index < -0.39 is 23.6 Å². The molecule has 0 aromatic heterocycles. The number of fused-ring (bicyclic) bond motifs is 1. The summed E-state index contributed by atoms with van der Waals surface area (Å²) in [4.78, 5) is 39.3. The quantitative estimate of drug-likeness (QED) is 0.317. The molecule has 0 radical (unpaired) electrons. The number of hydrogen-bond acceptors (Lipinski definition) is 7. The van der Waals surface area contributed by atoms with Gasteiger partial charge in [0, 0.05) is 24.7 Å². The monoisotopic (exact) mass is 460 g/mol. The molecule has 0 bridgehead atoms. The number of ketones is 1. The second-order valence-corrected chi connectivity index (χ2v) is 9.81. The molecule has 0 aromatic rings. The molecule has 3 rings (SSSR count). The number of esters is 1. The lowest BCUT2D eigenvalue weighted by Gasteiger charge is -2.35. The van der Waals surface area contributed by atoms with Crippen LogP contribution in [0, 0.1) is 11.8 Å². The van der Waals surface area contributed by atoms with Gasteiger partial charge in [-0.05, 0) is 51.5 Å². The first-order valence-electron chi connectivity index (χ1n) is 11.8. The van der Waals surface area contributed by atoms with Gasteiger partial charge in [-0.1, -0.05) is 19.4 Å². The van der Waals surface area contributed by atoms with E-state index in [1.165, 1.54) is 7.11 Å². The third kappa shape index (κ3) is 6.62. The number of alkyl carbamates (subject to hydrolysis) is 1. The maximum Gasteiger partial charge on any atom is 0.407 e. The number of rotatable bonds is 9. The Morgan fingerprint density at radius 3 is 2.58 bits per heavy atom. The first-order valence-corrected chi connectivity index (χ1v) is 11.8. The van der Waals surface area contributed by atoms with E-state index in [4.69, 9.17) is 14.2 Å². The van der Waals surface area contributed by atoms with Gasteiger partial charge in [-0.2, -0.15) is 0 Å². The van der Waals surface area contributed by atoms with E-state index in [9.17, 15) is 14.4 Å². The third-order valence-electron chi connectivity index (χ3n) is 5.71. The topological polar surface area (TPSA) is 94.2 Å². The lowest BCUT2D eigenvalue weighted by molar-refractivity contribution is -0.147. The van der Waals surface area contributed by atoms with E-state index in [0.717, 1.165) is 49.1 Å². The van der Waals surface area contributed by atoms with Crippen LogP contribution in [0.2, 0.25) is 0 Å². The molecule has 1 fully saturated rings. The van der Waals surface area contributed by atoms with Crippen LogP contribution in [-0.4, -0.2) is 55.2 Å². The highest BCUT2D eigenvalue weighted by Crippen LogP contribution is 2.40. The Hall–Kier alpha value is -2.77. The van der Waals surface area contributed by atoms with Gasteiger partial charge in [0.25, 0.3) is 0 Å². The molecule has 1 N–H and O–H groups in total. The normalized spacial score (nSPS) is 20.6. The van der Waals surface area contributed by atoms with E-state index in [1.807, 2.05) is 27.0 Å². The van der Waals surface area contributed by atoms with Gasteiger partial charge in [-0.25, -0.2) is 4.79 Å². The fraction of sp³-hybridized carbons (Fsp3) is 0.640. The highest BCUT2D eigenvalue weighted by Gasteiger charge is 2.38. The highest BCUT2D eigenvalue weighted by atomic mass is 16.6. The number of carbonyl (C=O) groups excluding carboxylic acids is 3. The van der Waals surface area contributed by atoms with Gasteiger partial charge >= 0.3 is 12.1 Å². The summed E-state index contributed by atoms with van der Waals surface area (Å²) < 4.78 is 16.5. The number of methoxy groups -OCH3 is 1. The second kappa shape index (κ2) is 10.4. The van der Waals surface area contributed by atoms with E-state index in [1.54, 1.807) is 6.08 Å². The van der Waals surface area contributed by atoms with Gasteiger partial charge in [0.1, 0.15) is 17.3 Å². The van der Waals surface area contributed by atoms with E-state index in [2.05, 4.69) is 17.1 Å². The lowest BCUT2D eigenvalue weighted by Crippen LogP contribution is -2.39. The molecule has 0 aromatic carbocycles. The van der Waals surface area contributed by atoms with Crippen LogP contribution < -0.4 is 5.32 Å². The molecule has 1 amide bonds. The zero-order valence-corrected chi connectivity index (χ0v) is 20.4. The summed E-state index contributed by atoms with van der Waals surface area (Å²) in [6.45, 7) is 9.03. The number of carbonyl (C=O) groups is 3. The van der Waals surface area contributed by atoms with Gasteiger partial charge < -0.3 is 24.4 Å². The van der Waals surface area contributed by atoms with Crippen LogP contribution in [0.1, 0.15) is 59.8 Å². The lowest BCUT2D eigenvalue weighted by atomic mass is 9.83. The molecule has 0 saturated heterocycles. The Morgan fingerprint density at radius 1 is 1.24 bits per heavy atom. The fourth-order valence-corrected chi connectivity index (χ4v) is 3.85. The molecule has 1 aliphatic heterocycles. The zero-order chi connectivity index (χ0) is 24.2. The van der Waals surface area contributed by atoms with E-state index in [0.29, 0.717) is 18.3 Å². The molecule has 33 heavy (non-hydrogen) atoms. The van der Waals surface area contributed by atoms with Crippen molar-refractivity contribution in [3.8, 4) is 0 Å². The largest absolute Gasteiger partial charge is 0.491 e. The summed E-state index contributed by atoms with van der Waals surface area (Å²) >= 11 is 0. The summed E-state index contributed by atoms with van der Waals surface area (Å²) in [5.41, 5.74) is 1.76. The Balaban J connectivity index is 1.96. The average molecular weight is 461 g/mol. The first-order chi connectivity index (χ1) is 15.6. The number of unbranched alkanes of at least 4 members (excludes halogenated alkanes) is 1. The molecule has 1 heterocycles. The molecule has 1 unspecified atom stereocenters. The maximum absolute atomic E-state index is 12.7. The van der Waals surface area contributed by atoms with Gasteiger partial charge in [0.2, 0.25) is 0 Å². The Bertz CT molecular complexity index is 876. The number of nitrogens with zero attached hydrogens (tertiary/aromatic N) is 1. The third-order valence-corrected chi connectivity index (χ3v) is 5.71. The summed E-state index contributed by atoms with van der Waals surface area (Å²) in [5.74, 6) is -0.538. The predicted molar refractivity (Wildman–Crippen MR) is 123 cm³/mol. The average Bonchev–Trinajstić information content (AvgIpc) is 3.55. The van der Waals surface area contributed by atoms with Gasteiger partial charge in [0.05, 0.1) is 26.0 Å². The van der Waals surface area contributed by atoms with Crippen molar-refractivity contribution in [3.05, 3.63) is 34.9 Å². The minimum atomic E-state index is -0.957. The van der Waals surface area contributed by atoms with Crippen molar-refractivity contribution in [2.75, 3.05) is 26.8 Å². The van der Waals surface area contributed by atoms with Crippen molar-refractivity contribution in [3.63, 3.8) is 0 Å². The van der Waals surface area contributed by atoms with Gasteiger partial charge in [-0.15, -0.1) is 0 Å². The molecule has 1 atom stereocenters. The van der Waals surface area contributed by atoms with Crippen molar-refractivity contribution in [2.45, 2.75) is 65.4 Å². The molecule has 0 spiro atoms. The molecule has 1 saturated carbocycles. The van der Waals surface area contributed by atoms with Crippen molar-refractivity contribution in [1.29, 1.82) is 0 Å². The number of allylic oxidation sites excluding steroid dienone is 1. The molecule has 8 heteroatoms. The number of ether oxygens (including phenoxy) is 3. The molecule has 8 nitrogen and oxygen atoms in total. The van der Waals surface area contributed by atoms with Crippen LogP contribution in [0.15, 0.2) is 34.9 Å². The van der Waals surface area contributed by atoms with Crippen LogP contribution in [0.3, 0.4) is 0 Å². The van der Waals surface area contributed by atoms with E-state index >= 15 is 0 Å². The van der Waals surface area contributed by atoms with Gasteiger partial charge in [0.15, 0.2) is 5.78 Å². The number of nitrogens with one attached hydrogen (secondary N) is 1. The second-order valence-electron chi connectivity index (χ2n) is 9.81. The minimum absolute atomic E-state index is 0.139. The minimum Gasteiger partial charge on any atom is -0.491 e. The Kier molecular flexibility index (Phi) is 7.87. The summed E-state index contributed by atoms with van der Waals surface area (Å²) in [6, 6.07) is 0. The summed E-state index contributed by atoms with van der Waals surface area (Å²) in [6.07, 6.45) is 7.39. The highest BCUT2D eigenvalue weighted by molar-refractivity contribution is 6.04. The molecule has 3 aliphatic rings.